The van der Waals surface area contributed by atoms with Crippen LogP contribution < -0.4 is 5.32 Å². The van der Waals surface area contributed by atoms with E-state index in [0.717, 1.165) is 30.4 Å². The summed E-state index contributed by atoms with van der Waals surface area (Å²) < 4.78 is 13.9. The molecule has 1 aliphatic carbocycles. The number of anilines is 1. The molecule has 2 aromatic rings. The van der Waals surface area contributed by atoms with Crippen LogP contribution in [0.1, 0.15) is 42.7 Å². The van der Waals surface area contributed by atoms with Crippen molar-refractivity contribution in [3.8, 4) is 6.07 Å². The number of aliphatic hydroxyl groups is 1. The van der Waals surface area contributed by atoms with Crippen molar-refractivity contribution in [3.63, 3.8) is 0 Å². The number of urea groups is 1. The zero-order chi connectivity index (χ0) is 21.1. The summed E-state index contributed by atoms with van der Waals surface area (Å²) in [6.07, 6.45) is 6.59. The average Bonchev–Trinajstić information content (AvgIpc) is 2.76. The Hall–Kier alpha value is -3.17. The second-order valence-corrected chi connectivity index (χ2v) is 7.73. The van der Waals surface area contributed by atoms with Crippen LogP contribution in [0.2, 0.25) is 0 Å². The topological polar surface area (TPSA) is 76.4 Å². The molecule has 2 N–H and O–H groups in total. The first-order valence-corrected chi connectivity index (χ1v) is 10.3. The number of likely N-dealkylation sites (tertiary alicyclic amines) is 1. The van der Waals surface area contributed by atoms with Crippen molar-refractivity contribution >= 4 is 17.3 Å². The van der Waals surface area contributed by atoms with Gasteiger partial charge in [-0.2, -0.15) is 5.26 Å². The highest BCUT2D eigenvalue weighted by Crippen LogP contribution is 2.44. The summed E-state index contributed by atoms with van der Waals surface area (Å²) in [5.41, 5.74) is 3.38. The van der Waals surface area contributed by atoms with Gasteiger partial charge in [0.15, 0.2) is 0 Å². The number of carbonyl (C=O) groups is 1. The van der Waals surface area contributed by atoms with Crippen molar-refractivity contribution in [2.24, 2.45) is 0 Å². The van der Waals surface area contributed by atoms with Crippen LogP contribution >= 0.6 is 0 Å². The van der Waals surface area contributed by atoms with Crippen LogP contribution in [0.15, 0.2) is 54.6 Å². The molecule has 2 aliphatic rings. The first-order valence-electron chi connectivity index (χ1n) is 10.3. The molecule has 4 rings (SSSR count). The number of para-hydroxylation sites is 1. The molecule has 5 nitrogen and oxygen atoms in total. The lowest BCUT2D eigenvalue weighted by atomic mass is 9.73. The van der Waals surface area contributed by atoms with Gasteiger partial charge in [0.05, 0.1) is 24.4 Å². The zero-order valence-corrected chi connectivity index (χ0v) is 16.6. The smallest absolute Gasteiger partial charge is 0.323 e. The summed E-state index contributed by atoms with van der Waals surface area (Å²) in [5, 5.41) is 22.4. The Morgan fingerprint density at radius 3 is 2.67 bits per heavy atom. The Morgan fingerprint density at radius 1 is 1.20 bits per heavy atom. The van der Waals surface area contributed by atoms with Gasteiger partial charge >= 0.3 is 6.03 Å². The molecule has 0 aromatic heterocycles. The zero-order valence-electron chi connectivity index (χ0n) is 16.6. The monoisotopic (exact) mass is 405 g/mol. The van der Waals surface area contributed by atoms with E-state index in [2.05, 4.69) is 23.5 Å². The molecule has 3 atom stereocenters. The second-order valence-electron chi connectivity index (χ2n) is 7.73. The lowest BCUT2D eigenvalue weighted by Gasteiger charge is -2.51. The number of allylic oxidation sites excluding steroid dienone is 2. The standard InChI is InChI=1S/C24H24FN3O2/c25-19-12-6-7-13-20(19)27-24(30)28-21(14-26)23(22(28)15-29)18-11-5-4-10-17(18)16-8-2-1-3-9-16/h4-8,10-13,21-23,29H,1-3,9,15H2,(H,27,30)/t21-,22+,23+/m1/s1. The normalized spacial score (nSPS) is 23.2. The van der Waals surface area contributed by atoms with Gasteiger partial charge in [-0.15, -0.1) is 0 Å². The Kier molecular flexibility index (Phi) is 5.82. The summed E-state index contributed by atoms with van der Waals surface area (Å²) >= 11 is 0. The van der Waals surface area contributed by atoms with E-state index in [1.165, 1.54) is 35.1 Å². The molecule has 0 unspecified atom stereocenters. The van der Waals surface area contributed by atoms with E-state index in [-0.39, 0.29) is 18.2 Å². The summed E-state index contributed by atoms with van der Waals surface area (Å²) in [6, 6.07) is 14.2. The van der Waals surface area contributed by atoms with Crippen LogP contribution in [0.4, 0.5) is 14.9 Å². The molecule has 30 heavy (non-hydrogen) atoms. The van der Waals surface area contributed by atoms with E-state index >= 15 is 0 Å². The van der Waals surface area contributed by atoms with Crippen molar-refractivity contribution in [3.05, 3.63) is 71.6 Å². The third-order valence-corrected chi connectivity index (χ3v) is 6.04. The number of carbonyl (C=O) groups excluding carboxylic acids is 1. The Morgan fingerprint density at radius 2 is 1.97 bits per heavy atom. The summed E-state index contributed by atoms with van der Waals surface area (Å²) in [6.45, 7) is -0.277. The van der Waals surface area contributed by atoms with Crippen molar-refractivity contribution < 1.29 is 14.3 Å². The largest absolute Gasteiger partial charge is 0.394 e. The maximum atomic E-state index is 13.9. The minimum absolute atomic E-state index is 0.0482. The molecule has 0 radical (unpaired) electrons. The molecule has 1 fully saturated rings. The lowest BCUT2D eigenvalue weighted by Crippen LogP contribution is -2.66. The lowest BCUT2D eigenvalue weighted by molar-refractivity contribution is 0.0222. The summed E-state index contributed by atoms with van der Waals surface area (Å²) in [5.74, 6) is -0.850. The van der Waals surface area contributed by atoms with Gasteiger partial charge in [-0.3, -0.25) is 0 Å². The van der Waals surface area contributed by atoms with Crippen molar-refractivity contribution in [1.29, 1.82) is 5.26 Å². The first kappa shape index (κ1) is 20.1. The van der Waals surface area contributed by atoms with Crippen LogP contribution in [-0.4, -0.2) is 34.7 Å². The number of amides is 2. The number of nitrogens with one attached hydrogen (secondary N) is 1. The van der Waals surface area contributed by atoms with Crippen LogP contribution in [0.3, 0.4) is 0 Å². The number of nitriles is 1. The Balaban J connectivity index is 1.62. The van der Waals surface area contributed by atoms with Crippen molar-refractivity contribution in [2.45, 2.75) is 43.7 Å². The minimum atomic E-state index is -0.737. The third-order valence-electron chi connectivity index (χ3n) is 6.04. The van der Waals surface area contributed by atoms with Gasteiger partial charge in [0.25, 0.3) is 0 Å². The minimum Gasteiger partial charge on any atom is -0.394 e. The molecule has 0 saturated carbocycles. The van der Waals surface area contributed by atoms with Gasteiger partial charge in [0, 0.05) is 5.92 Å². The first-order chi connectivity index (χ1) is 14.7. The fourth-order valence-corrected chi connectivity index (χ4v) is 4.56. The van der Waals surface area contributed by atoms with Gasteiger partial charge in [-0.1, -0.05) is 42.5 Å². The van der Waals surface area contributed by atoms with Crippen molar-refractivity contribution in [2.75, 3.05) is 11.9 Å². The van der Waals surface area contributed by atoms with E-state index in [0.29, 0.717) is 0 Å². The predicted octanol–water partition coefficient (Wildman–Crippen LogP) is 4.67. The highest BCUT2D eigenvalue weighted by atomic mass is 19.1. The van der Waals surface area contributed by atoms with Crippen LogP contribution in [0.5, 0.6) is 0 Å². The van der Waals surface area contributed by atoms with Gasteiger partial charge < -0.3 is 15.3 Å². The molecule has 0 spiro atoms. The van der Waals surface area contributed by atoms with Crippen molar-refractivity contribution in [1.82, 2.24) is 4.90 Å². The van der Waals surface area contributed by atoms with Crippen LogP contribution in [-0.2, 0) is 0 Å². The fraction of sp³-hybridized carbons (Fsp3) is 0.333. The molecule has 2 amide bonds. The highest BCUT2D eigenvalue weighted by molar-refractivity contribution is 5.91. The number of rotatable bonds is 4. The van der Waals surface area contributed by atoms with Gasteiger partial charge in [0.1, 0.15) is 11.9 Å². The number of nitrogens with zero attached hydrogens (tertiary/aromatic N) is 2. The quantitative estimate of drug-likeness (QED) is 0.776. The molecule has 1 aliphatic heterocycles. The predicted molar refractivity (Wildman–Crippen MR) is 113 cm³/mol. The number of benzene rings is 2. The van der Waals surface area contributed by atoms with E-state index in [9.17, 15) is 19.6 Å². The number of hydrogen-bond acceptors (Lipinski definition) is 3. The van der Waals surface area contributed by atoms with E-state index in [1.54, 1.807) is 6.07 Å². The maximum Gasteiger partial charge on any atom is 0.323 e. The number of halogens is 1. The van der Waals surface area contributed by atoms with Gasteiger partial charge in [-0.05, 0) is 54.5 Å². The van der Waals surface area contributed by atoms with Gasteiger partial charge in [-0.25, -0.2) is 9.18 Å². The van der Waals surface area contributed by atoms with E-state index < -0.39 is 23.9 Å². The highest BCUT2D eigenvalue weighted by Gasteiger charge is 2.52. The Bertz CT molecular complexity index is 1010. The fourth-order valence-electron chi connectivity index (χ4n) is 4.56. The Labute approximate surface area is 175 Å². The molecule has 6 heteroatoms. The van der Waals surface area contributed by atoms with E-state index in [4.69, 9.17) is 0 Å². The molecule has 154 valence electrons. The maximum absolute atomic E-state index is 13.9. The molecular weight excluding hydrogens is 381 g/mol. The molecule has 0 bridgehead atoms. The van der Waals surface area contributed by atoms with Crippen LogP contribution in [0, 0.1) is 17.1 Å². The second kappa shape index (κ2) is 8.68. The summed E-state index contributed by atoms with van der Waals surface area (Å²) in [4.78, 5) is 14.1. The molecule has 2 aromatic carbocycles. The van der Waals surface area contributed by atoms with Crippen LogP contribution in [0.25, 0.3) is 5.57 Å². The summed E-state index contributed by atoms with van der Waals surface area (Å²) in [7, 11) is 0. The third kappa shape index (κ3) is 3.57. The molecular formula is C24H24FN3O2. The molecule has 1 heterocycles. The van der Waals surface area contributed by atoms with E-state index in [1.807, 2.05) is 18.2 Å². The number of hydrogen-bond donors (Lipinski definition) is 2. The average molecular weight is 405 g/mol. The SMILES string of the molecule is N#C[C@@H]1[C@H](c2ccccc2C2=CCCCC2)[C@H](CO)N1C(=O)Nc1ccccc1F. The number of aliphatic hydroxyl groups excluding tert-OH is 1. The van der Waals surface area contributed by atoms with Gasteiger partial charge in [0.2, 0.25) is 0 Å². The molecule has 1 saturated heterocycles.